The molecule has 0 saturated carbocycles. The largest absolute Gasteiger partial charge is 0.325 e. The predicted molar refractivity (Wildman–Crippen MR) is 147 cm³/mol. The standard InChI is InChI=1S/C27H32N4O5S2/c1-21-8-12-24(13-9-21)37(33,34)29-26(20-22-6-4-3-5-7-22)27(32)28-23-10-14-25(15-11-23)38(35,36)31-18-16-30(2)17-19-31/h3-15,26,29H,16-20H2,1-2H3,(H,28,32). The third-order valence-corrected chi connectivity index (χ3v) is 9.85. The minimum absolute atomic E-state index is 0.0624. The molecule has 2 N–H and O–H groups in total. The van der Waals surface area contributed by atoms with Gasteiger partial charge >= 0.3 is 0 Å². The second-order valence-corrected chi connectivity index (χ2v) is 13.0. The van der Waals surface area contributed by atoms with Gasteiger partial charge in [0.2, 0.25) is 26.0 Å². The van der Waals surface area contributed by atoms with Crippen LogP contribution in [0.2, 0.25) is 0 Å². The number of hydrogen-bond acceptors (Lipinski definition) is 6. The molecule has 1 saturated heterocycles. The van der Waals surface area contributed by atoms with E-state index >= 15 is 0 Å². The van der Waals surface area contributed by atoms with Crippen LogP contribution in [0.4, 0.5) is 5.69 Å². The Bertz CT molecular complexity index is 1450. The number of nitrogens with one attached hydrogen (secondary N) is 2. The average Bonchev–Trinajstić information content (AvgIpc) is 2.89. The number of carbonyl (C=O) groups is 1. The molecule has 0 radical (unpaired) electrons. The molecule has 1 unspecified atom stereocenters. The van der Waals surface area contributed by atoms with Gasteiger partial charge in [-0.05, 0) is 62.4 Å². The SMILES string of the molecule is Cc1ccc(S(=O)(=O)NC(Cc2ccccc2)C(=O)Nc2ccc(S(=O)(=O)N3CCN(C)CC3)cc2)cc1. The molecule has 1 fully saturated rings. The number of nitrogens with zero attached hydrogens (tertiary/aromatic N) is 2. The fraction of sp³-hybridized carbons (Fsp3) is 0.296. The molecule has 202 valence electrons. The number of benzene rings is 3. The van der Waals surface area contributed by atoms with Gasteiger partial charge in [0.15, 0.2) is 0 Å². The summed E-state index contributed by atoms with van der Waals surface area (Å²) in [4.78, 5) is 15.5. The quantitative estimate of drug-likeness (QED) is 0.418. The van der Waals surface area contributed by atoms with Crippen LogP contribution in [-0.4, -0.2) is 71.2 Å². The number of aryl methyl sites for hydroxylation is 1. The molecule has 3 aromatic carbocycles. The van der Waals surface area contributed by atoms with E-state index in [4.69, 9.17) is 0 Å². The van der Waals surface area contributed by atoms with Crippen LogP contribution in [0.5, 0.6) is 0 Å². The summed E-state index contributed by atoms with van der Waals surface area (Å²) in [5, 5.41) is 2.73. The van der Waals surface area contributed by atoms with Crippen molar-refractivity contribution in [2.75, 3.05) is 38.5 Å². The normalized spacial score (nSPS) is 16.2. The van der Waals surface area contributed by atoms with Crippen LogP contribution in [0.1, 0.15) is 11.1 Å². The Morgan fingerprint density at radius 2 is 1.39 bits per heavy atom. The summed E-state index contributed by atoms with van der Waals surface area (Å²) < 4.78 is 56.1. The molecular formula is C27H32N4O5S2. The topological polar surface area (TPSA) is 116 Å². The van der Waals surface area contributed by atoms with E-state index in [1.807, 2.05) is 44.3 Å². The van der Waals surface area contributed by atoms with Gasteiger partial charge in [0.1, 0.15) is 6.04 Å². The lowest BCUT2D eigenvalue weighted by Crippen LogP contribution is -2.47. The molecule has 1 heterocycles. The Morgan fingerprint density at radius 3 is 2.00 bits per heavy atom. The van der Waals surface area contributed by atoms with Crippen molar-refractivity contribution in [1.82, 2.24) is 13.9 Å². The third-order valence-electron chi connectivity index (χ3n) is 6.45. The molecule has 3 aromatic rings. The van der Waals surface area contributed by atoms with E-state index in [1.165, 1.54) is 40.7 Å². The van der Waals surface area contributed by atoms with Crippen LogP contribution < -0.4 is 10.0 Å². The highest BCUT2D eigenvalue weighted by atomic mass is 32.2. The Balaban J connectivity index is 1.51. The lowest BCUT2D eigenvalue weighted by atomic mass is 10.1. The summed E-state index contributed by atoms with van der Waals surface area (Å²) in [5.74, 6) is -0.556. The minimum Gasteiger partial charge on any atom is -0.325 e. The van der Waals surface area contributed by atoms with E-state index in [-0.39, 0.29) is 16.2 Å². The van der Waals surface area contributed by atoms with Gasteiger partial charge in [0.05, 0.1) is 9.79 Å². The van der Waals surface area contributed by atoms with Crippen molar-refractivity contribution in [3.8, 4) is 0 Å². The zero-order valence-corrected chi connectivity index (χ0v) is 23.0. The number of piperazine rings is 1. The van der Waals surface area contributed by atoms with Crippen molar-refractivity contribution < 1.29 is 21.6 Å². The first kappa shape index (κ1) is 27.9. The van der Waals surface area contributed by atoms with Gasteiger partial charge in [-0.3, -0.25) is 4.79 Å². The van der Waals surface area contributed by atoms with Gasteiger partial charge in [-0.2, -0.15) is 9.03 Å². The zero-order valence-electron chi connectivity index (χ0n) is 21.4. The molecule has 11 heteroatoms. The van der Waals surface area contributed by atoms with Crippen molar-refractivity contribution in [3.05, 3.63) is 90.0 Å². The summed E-state index contributed by atoms with van der Waals surface area (Å²) in [6, 6.07) is 20.3. The number of hydrogen-bond donors (Lipinski definition) is 2. The maximum absolute atomic E-state index is 13.3. The zero-order chi connectivity index (χ0) is 27.3. The molecule has 1 aliphatic rings. The summed E-state index contributed by atoms with van der Waals surface area (Å²) >= 11 is 0. The molecule has 9 nitrogen and oxygen atoms in total. The first-order chi connectivity index (χ1) is 18.0. The molecule has 4 rings (SSSR count). The number of sulfonamides is 2. The molecule has 1 atom stereocenters. The van der Waals surface area contributed by atoms with Crippen molar-refractivity contribution >= 4 is 31.6 Å². The van der Waals surface area contributed by atoms with Crippen LogP contribution >= 0.6 is 0 Å². The lowest BCUT2D eigenvalue weighted by Gasteiger charge is -2.31. The maximum Gasteiger partial charge on any atom is 0.243 e. The van der Waals surface area contributed by atoms with E-state index in [0.29, 0.717) is 31.9 Å². The molecule has 1 aliphatic heterocycles. The molecular weight excluding hydrogens is 524 g/mol. The van der Waals surface area contributed by atoms with Gasteiger partial charge in [-0.15, -0.1) is 0 Å². The highest BCUT2D eigenvalue weighted by Gasteiger charge is 2.28. The van der Waals surface area contributed by atoms with Crippen LogP contribution in [0.25, 0.3) is 0 Å². The molecule has 0 spiro atoms. The Hall–Kier alpha value is -3.09. The number of amides is 1. The summed E-state index contributed by atoms with van der Waals surface area (Å²) in [7, 11) is -5.67. The highest BCUT2D eigenvalue weighted by Crippen LogP contribution is 2.20. The maximum atomic E-state index is 13.3. The second kappa shape index (κ2) is 11.7. The second-order valence-electron chi connectivity index (χ2n) is 9.40. The van der Waals surface area contributed by atoms with Crippen LogP contribution in [0.15, 0.2) is 88.7 Å². The monoisotopic (exact) mass is 556 g/mol. The van der Waals surface area contributed by atoms with Crippen LogP contribution in [0.3, 0.4) is 0 Å². The van der Waals surface area contributed by atoms with Crippen molar-refractivity contribution in [3.63, 3.8) is 0 Å². The minimum atomic E-state index is -3.98. The Labute approximate surface area is 224 Å². The summed E-state index contributed by atoms with van der Waals surface area (Å²) in [5.41, 5.74) is 2.06. The number of likely N-dealkylation sites (N-methyl/N-ethyl adjacent to an activating group) is 1. The molecule has 0 aromatic heterocycles. The molecule has 0 aliphatic carbocycles. The molecule has 0 bridgehead atoms. The van der Waals surface area contributed by atoms with Gasteiger partial charge in [-0.25, -0.2) is 16.8 Å². The fourth-order valence-corrected chi connectivity index (χ4v) is 6.75. The molecule has 1 amide bonds. The summed E-state index contributed by atoms with van der Waals surface area (Å²) in [6.45, 7) is 4.01. The van der Waals surface area contributed by atoms with E-state index in [9.17, 15) is 21.6 Å². The Morgan fingerprint density at radius 1 is 0.816 bits per heavy atom. The van der Waals surface area contributed by atoms with E-state index < -0.39 is 32.0 Å². The van der Waals surface area contributed by atoms with Gasteiger partial charge in [0.25, 0.3) is 0 Å². The van der Waals surface area contributed by atoms with Gasteiger partial charge in [-0.1, -0.05) is 48.0 Å². The molecule has 38 heavy (non-hydrogen) atoms. The van der Waals surface area contributed by atoms with Crippen LogP contribution in [-0.2, 0) is 31.3 Å². The van der Waals surface area contributed by atoms with Crippen LogP contribution in [0, 0.1) is 6.92 Å². The third kappa shape index (κ3) is 6.86. The van der Waals surface area contributed by atoms with E-state index in [1.54, 1.807) is 12.1 Å². The first-order valence-corrected chi connectivity index (χ1v) is 15.2. The van der Waals surface area contributed by atoms with Gasteiger partial charge < -0.3 is 10.2 Å². The predicted octanol–water partition coefficient (Wildman–Crippen LogP) is 2.46. The van der Waals surface area contributed by atoms with Crippen molar-refractivity contribution in [2.45, 2.75) is 29.2 Å². The fourth-order valence-electron chi connectivity index (χ4n) is 4.13. The highest BCUT2D eigenvalue weighted by molar-refractivity contribution is 7.89. The lowest BCUT2D eigenvalue weighted by molar-refractivity contribution is -0.117. The number of carbonyl (C=O) groups excluding carboxylic acids is 1. The first-order valence-electron chi connectivity index (χ1n) is 12.3. The van der Waals surface area contributed by atoms with Crippen molar-refractivity contribution in [1.29, 1.82) is 0 Å². The van der Waals surface area contributed by atoms with Gasteiger partial charge in [0, 0.05) is 31.9 Å². The number of rotatable bonds is 9. The van der Waals surface area contributed by atoms with E-state index in [2.05, 4.69) is 14.9 Å². The summed E-state index contributed by atoms with van der Waals surface area (Å²) in [6.07, 6.45) is 0.133. The van der Waals surface area contributed by atoms with Crippen molar-refractivity contribution in [2.24, 2.45) is 0 Å². The number of anilines is 1. The Kier molecular flexibility index (Phi) is 8.64. The average molecular weight is 557 g/mol. The smallest absolute Gasteiger partial charge is 0.243 e. The van der Waals surface area contributed by atoms with E-state index in [0.717, 1.165) is 11.1 Å².